The van der Waals surface area contributed by atoms with E-state index in [0.717, 1.165) is 29.2 Å². The van der Waals surface area contributed by atoms with Gasteiger partial charge in [0.15, 0.2) is 0 Å². The van der Waals surface area contributed by atoms with Gasteiger partial charge in [0.25, 0.3) is 0 Å². The maximum atomic E-state index is 11.7. The van der Waals surface area contributed by atoms with Crippen LogP contribution in [0.3, 0.4) is 0 Å². The normalized spacial score (nSPS) is 13.6. The number of hydrogen-bond acceptors (Lipinski definition) is 4. The lowest BCUT2D eigenvalue weighted by Gasteiger charge is -2.17. The first-order valence-corrected chi connectivity index (χ1v) is 7.19. The number of benzene rings is 1. The summed E-state index contributed by atoms with van der Waals surface area (Å²) in [5.74, 6) is 0.433. The molecule has 0 aliphatic carbocycles. The van der Waals surface area contributed by atoms with Crippen molar-refractivity contribution in [2.24, 2.45) is 0 Å². The molecule has 0 atom stereocenters. The van der Waals surface area contributed by atoms with E-state index >= 15 is 0 Å². The number of nitrogens with one attached hydrogen (secondary N) is 3. The summed E-state index contributed by atoms with van der Waals surface area (Å²) in [6.45, 7) is 0.824. The van der Waals surface area contributed by atoms with Crippen LogP contribution < -0.4 is 16.0 Å². The highest BCUT2D eigenvalue weighted by Crippen LogP contribution is 2.33. The summed E-state index contributed by atoms with van der Waals surface area (Å²) in [5, 5.41) is 8.65. The molecular weight excluding hydrogens is 262 g/mol. The molecule has 1 aromatic rings. The zero-order valence-electron chi connectivity index (χ0n) is 10.8. The number of carbonyl (C=O) groups excluding carboxylic acids is 2. The molecule has 2 amide bonds. The van der Waals surface area contributed by atoms with Gasteiger partial charge < -0.3 is 16.0 Å². The topological polar surface area (TPSA) is 70.2 Å². The fourth-order valence-corrected chi connectivity index (χ4v) is 2.60. The van der Waals surface area contributed by atoms with E-state index in [1.807, 2.05) is 19.2 Å². The monoisotopic (exact) mass is 279 g/mol. The van der Waals surface area contributed by atoms with Crippen LogP contribution >= 0.6 is 11.8 Å². The standard InChI is InChI=1S/C13H17N3O2S/c1-14-6-2-3-12(17)15-9-4-5-11-10(7-9)16-13(18)8-19-11/h4-5,7,14H,2-3,6,8H2,1H3,(H,15,17)(H,16,18). The third kappa shape index (κ3) is 3.97. The van der Waals surface area contributed by atoms with E-state index < -0.39 is 0 Å². The average Bonchev–Trinajstić information content (AvgIpc) is 2.38. The van der Waals surface area contributed by atoms with E-state index in [0.29, 0.717) is 12.2 Å². The Morgan fingerprint density at radius 2 is 2.32 bits per heavy atom. The van der Waals surface area contributed by atoms with Gasteiger partial charge in [-0.1, -0.05) is 0 Å². The lowest BCUT2D eigenvalue weighted by Crippen LogP contribution is -2.19. The van der Waals surface area contributed by atoms with Crippen molar-refractivity contribution in [1.82, 2.24) is 5.32 Å². The Hall–Kier alpha value is -1.53. The van der Waals surface area contributed by atoms with Crippen molar-refractivity contribution in [3.63, 3.8) is 0 Å². The van der Waals surface area contributed by atoms with Crippen LogP contribution in [0.5, 0.6) is 0 Å². The summed E-state index contributed by atoms with van der Waals surface area (Å²) >= 11 is 1.51. The summed E-state index contributed by atoms with van der Waals surface area (Å²) in [5.41, 5.74) is 1.49. The maximum absolute atomic E-state index is 11.7. The summed E-state index contributed by atoms with van der Waals surface area (Å²) in [7, 11) is 1.86. The van der Waals surface area contributed by atoms with Crippen molar-refractivity contribution in [1.29, 1.82) is 0 Å². The van der Waals surface area contributed by atoms with E-state index in [9.17, 15) is 9.59 Å². The van der Waals surface area contributed by atoms with Gasteiger partial charge in [0.05, 0.1) is 11.4 Å². The Kier molecular flexibility index (Phi) is 4.81. The second-order valence-electron chi connectivity index (χ2n) is 4.30. The van der Waals surface area contributed by atoms with Crippen molar-refractivity contribution in [3.8, 4) is 0 Å². The van der Waals surface area contributed by atoms with Crippen LogP contribution in [0, 0.1) is 0 Å². The second-order valence-corrected chi connectivity index (χ2v) is 5.32. The minimum Gasteiger partial charge on any atom is -0.326 e. The molecule has 6 heteroatoms. The van der Waals surface area contributed by atoms with Gasteiger partial charge in [0, 0.05) is 17.0 Å². The van der Waals surface area contributed by atoms with E-state index in [2.05, 4.69) is 16.0 Å². The van der Waals surface area contributed by atoms with Crippen LogP contribution in [-0.4, -0.2) is 31.2 Å². The van der Waals surface area contributed by atoms with Crippen LogP contribution in [-0.2, 0) is 9.59 Å². The van der Waals surface area contributed by atoms with Crippen LogP contribution in [0.2, 0.25) is 0 Å². The minimum absolute atomic E-state index is 0.00463. The molecule has 0 saturated carbocycles. The van der Waals surface area contributed by atoms with Gasteiger partial charge in [-0.3, -0.25) is 9.59 Å². The van der Waals surface area contributed by atoms with Gasteiger partial charge in [-0.05, 0) is 38.2 Å². The van der Waals surface area contributed by atoms with E-state index in [4.69, 9.17) is 0 Å². The highest BCUT2D eigenvalue weighted by Gasteiger charge is 2.15. The van der Waals surface area contributed by atoms with Crippen LogP contribution in [0.15, 0.2) is 23.1 Å². The molecule has 19 heavy (non-hydrogen) atoms. The van der Waals surface area contributed by atoms with Gasteiger partial charge in [0.1, 0.15) is 0 Å². The van der Waals surface area contributed by atoms with Gasteiger partial charge >= 0.3 is 0 Å². The Morgan fingerprint density at radius 1 is 1.47 bits per heavy atom. The first-order valence-electron chi connectivity index (χ1n) is 6.20. The number of rotatable bonds is 5. The molecule has 3 N–H and O–H groups in total. The number of fused-ring (bicyclic) bond motifs is 1. The first kappa shape index (κ1) is 13.9. The van der Waals surface area contributed by atoms with Crippen molar-refractivity contribution >= 4 is 35.0 Å². The molecule has 5 nitrogen and oxygen atoms in total. The molecule has 1 aliphatic rings. The highest BCUT2D eigenvalue weighted by atomic mass is 32.2. The molecule has 0 aromatic heterocycles. The second kappa shape index (κ2) is 6.58. The zero-order valence-corrected chi connectivity index (χ0v) is 11.6. The van der Waals surface area contributed by atoms with Crippen molar-refractivity contribution in [3.05, 3.63) is 18.2 Å². The third-order valence-corrected chi connectivity index (χ3v) is 3.80. The Bertz CT molecular complexity index is 491. The summed E-state index contributed by atoms with van der Waals surface area (Å²) in [6, 6.07) is 5.58. The molecule has 102 valence electrons. The predicted molar refractivity (Wildman–Crippen MR) is 77.6 cm³/mol. The van der Waals surface area contributed by atoms with E-state index in [1.54, 1.807) is 6.07 Å². The lowest BCUT2D eigenvalue weighted by molar-refractivity contribution is -0.116. The maximum Gasteiger partial charge on any atom is 0.234 e. The molecule has 0 fully saturated rings. The molecule has 1 aromatic carbocycles. The number of anilines is 2. The highest BCUT2D eigenvalue weighted by molar-refractivity contribution is 8.00. The number of amides is 2. The van der Waals surface area contributed by atoms with Gasteiger partial charge in [-0.2, -0.15) is 0 Å². The molecule has 0 unspecified atom stereocenters. The van der Waals surface area contributed by atoms with Crippen LogP contribution in [0.4, 0.5) is 11.4 Å². The Morgan fingerprint density at radius 3 is 3.11 bits per heavy atom. The summed E-state index contributed by atoms with van der Waals surface area (Å²) < 4.78 is 0. The number of thioether (sulfide) groups is 1. The predicted octanol–water partition coefficient (Wildman–Crippen LogP) is 1.67. The van der Waals surface area contributed by atoms with E-state index in [-0.39, 0.29) is 11.8 Å². The first-order chi connectivity index (χ1) is 9.19. The number of carbonyl (C=O) groups is 2. The van der Waals surface area contributed by atoms with Crippen molar-refractivity contribution in [2.75, 3.05) is 30.0 Å². The van der Waals surface area contributed by atoms with Gasteiger partial charge in [0.2, 0.25) is 11.8 Å². The Labute approximate surface area is 116 Å². The smallest absolute Gasteiger partial charge is 0.234 e. The molecule has 0 radical (unpaired) electrons. The fourth-order valence-electron chi connectivity index (χ4n) is 1.81. The van der Waals surface area contributed by atoms with Crippen LogP contribution in [0.25, 0.3) is 0 Å². The van der Waals surface area contributed by atoms with Crippen LogP contribution in [0.1, 0.15) is 12.8 Å². The molecular formula is C13H17N3O2S. The average molecular weight is 279 g/mol. The van der Waals surface area contributed by atoms with Crippen molar-refractivity contribution in [2.45, 2.75) is 17.7 Å². The lowest BCUT2D eigenvalue weighted by atomic mass is 10.2. The van der Waals surface area contributed by atoms with E-state index in [1.165, 1.54) is 11.8 Å². The van der Waals surface area contributed by atoms with Crippen molar-refractivity contribution < 1.29 is 9.59 Å². The summed E-state index contributed by atoms with van der Waals surface area (Å²) in [6.07, 6.45) is 1.29. The molecule has 2 rings (SSSR count). The Balaban J connectivity index is 1.96. The molecule has 0 saturated heterocycles. The molecule has 1 aliphatic heterocycles. The minimum atomic E-state index is -0.00927. The summed E-state index contributed by atoms with van der Waals surface area (Å²) in [4.78, 5) is 24.0. The largest absolute Gasteiger partial charge is 0.326 e. The molecule has 0 spiro atoms. The third-order valence-electron chi connectivity index (χ3n) is 2.73. The van der Waals surface area contributed by atoms with Gasteiger partial charge in [-0.25, -0.2) is 0 Å². The quantitative estimate of drug-likeness (QED) is 0.717. The SMILES string of the molecule is CNCCCC(=O)Nc1ccc2c(c1)NC(=O)CS2. The molecule has 1 heterocycles. The number of hydrogen-bond donors (Lipinski definition) is 3. The van der Waals surface area contributed by atoms with Gasteiger partial charge in [-0.15, -0.1) is 11.8 Å². The zero-order chi connectivity index (χ0) is 13.7. The fraction of sp³-hybridized carbons (Fsp3) is 0.385. The molecule has 0 bridgehead atoms.